The molecule has 8 heteroatoms. The maximum Gasteiger partial charge on any atom is 0.322 e. The molecule has 0 atom stereocenters. The number of amides is 1. The fourth-order valence-corrected chi connectivity index (χ4v) is 3.29. The van der Waals surface area contributed by atoms with E-state index in [1.807, 2.05) is 6.07 Å². The summed E-state index contributed by atoms with van der Waals surface area (Å²) in [5, 5.41) is 11.1. The van der Waals surface area contributed by atoms with Gasteiger partial charge in [0.05, 0.1) is 0 Å². The standard InChI is InChI=1S/C22H13Cl2N3O3/c23-17-10-16(11-18(24)12-17)21-26-27-22(30-21)25-20(29)15-8-6-14(7-9-15)19(28)13-4-2-1-3-5-13/h1-12H,(H,25,27,29). The zero-order chi connectivity index (χ0) is 21.1. The van der Waals surface area contributed by atoms with Gasteiger partial charge in [-0.05, 0) is 30.3 Å². The van der Waals surface area contributed by atoms with Gasteiger partial charge in [-0.3, -0.25) is 14.9 Å². The Hall–Kier alpha value is -3.48. The predicted octanol–water partition coefficient (Wildman–Crippen LogP) is 5.53. The Bertz CT molecular complexity index is 1200. The fourth-order valence-electron chi connectivity index (χ4n) is 2.77. The highest BCUT2D eigenvalue weighted by molar-refractivity contribution is 6.35. The summed E-state index contributed by atoms with van der Waals surface area (Å²) in [4.78, 5) is 24.9. The molecule has 0 aliphatic carbocycles. The average Bonchev–Trinajstić information content (AvgIpc) is 3.22. The largest absolute Gasteiger partial charge is 0.403 e. The van der Waals surface area contributed by atoms with Gasteiger partial charge in [0.25, 0.3) is 5.91 Å². The first kappa shape index (κ1) is 19.8. The summed E-state index contributed by atoms with van der Waals surface area (Å²) >= 11 is 12.0. The number of hydrogen-bond acceptors (Lipinski definition) is 5. The number of carbonyl (C=O) groups excluding carboxylic acids is 2. The Morgan fingerprint density at radius 1 is 0.767 bits per heavy atom. The van der Waals surface area contributed by atoms with Crippen LogP contribution in [0, 0.1) is 0 Å². The first-order valence-electron chi connectivity index (χ1n) is 8.81. The Balaban J connectivity index is 1.47. The monoisotopic (exact) mass is 437 g/mol. The number of nitrogens with zero attached hydrogens (tertiary/aromatic N) is 2. The Morgan fingerprint density at radius 3 is 2.03 bits per heavy atom. The Kier molecular flexibility index (Phi) is 5.61. The highest BCUT2D eigenvalue weighted by Crippen LogP contribution is 2.27. The second-order valence-electron chi connectivity index (χ2n) is 6.30. The number of anilines is 1. The van der Waals surface area contributed by atoms with Gasteiger partial charge in [-0.2, -0.15) is 0 Å². The van der Waals surface area contributed by atoms with Crippen molar-refractivity contribution in [1.29, 1.82) is 0 Å². The Labute approximate surface area is 181 Å². The van der Waals surface area contributed by atoms with Gasteiger partial charge in [0, 0.05) is 32.3 Å². The van der Waals surface area contributed by atoms with Crippen LogP contribution < -0.4 is 5.32 Å². The normalized spacial score (nSPS) is 10.6. The van der Waals surface area contributed by atoms with Crippen LogP contribution in [0.5, 0.6) is 0 Å². The lowest BCUT2D eigenvalue weighted by Crippen LogP contribution is -2.12. The lowest BCUT2D eigenvalue weighted by atomic mass is 10.0. The molecule has 4 rings (SSSR count). The molecular formula is C22H13Cl2N3O3. The summed E-state index contributed by atoms with van der Waals surface area (Å²) < 4.78 is 5.47. The van der Waals surface area contributed by atoms with Crippen LogP contribution in [-0.2, 0) is 0 Å². The molecule has 1 amide bonds. The van der Waals surface area contributed by atoms with Crippen LogP contribution in [0.3, 0.4) is 0 Å². The number of ketones is 1. The molecule has 3 aromatic carbocycles. The van der Waals surface area contributed by atoms with Gasteiger partial charge >= 0.3 is 6.01 Å². The molecule has 4 aromatic rings. The first-order valence-corrected chi connectivity index (χ1v) is 9.56. The molecule has 0 saturated carbocycles. The van der Waals surface area contributed by atoms with E-state index in [0.29, 0.717) is 32.3 Å². The van der Waals surface area contributed by atoms with E-state index in [9.17, 15) is 9.59 Å². The van der Waals surface area contributed by atoms with Crippen molar-refractivity contribution in [2.75, 3.05) is 5.32 Å². The number of nitrogens with one attached hydrogen (secondary N) is 1. The van der Waals surface area contributed by atoms with Crippen molar-refractivity contribution in [1.82, 2.24) is 10.2 Å². The minimum absolute atomic E-state index is 0.0736. The summed E-state index contributed by atoms with van der Waals surface area (Å²) in [7, 11) is 0. The Morgan fingerprint density at radius 2 is 1.37 bits per heavy atom. The SMILES string of the molecule is O=C(Nc1nnc(-c2cc(Cl)cc(Cl)c2)o1)c1ccc(C(=O)c2ccccc2)cc1. The third-order valence-electron chi connectivity index (χ3n) is 4.20. The van der Waals surface area contributed by atoms with E-state index in [1.54, 1.807) is 66.7 Å². The molecular weight excluding hydrogens is 425 g/mol. The molecule has 0 saturated heterocycles. The summed E-state index contributed by atoms with van der Waals surface area (Å²) in [5.41, 5.74) is 1.93. The van der Waals surface area contributed by atoms with Gasteiger partial charge in [0.2, 0.25) is 5.89 Å². The molecule has 0 aliphatic rings. The molecule has 148 valence electrons. The number of aromatic nitrogens is 2. The number of benzene rings is 3. The van der Waals surface area contributed by atoms with Crippen molar-refractivity contribution in [3.05, 3.63) is 99.5 Å². The van der Waals surface area contributed by atoms with Gasteiger partial charge in [-0.25, -0.2) is 0 Å². The maximum absolute atomic E-state index is 12.5. The van der Waals surface area contributed by atoms with Gasteiger partial charge in [0.1, 0.15) is 0 Å². The van der Waals surface area contributed by atoms with Crippen LogP contribution in [0.15, 0.2) is 77.2 Å². The minimum Gasteiger partial charge on any atom is -0.403 e. The molecule has 1 heterocycles. The van der Waals surface area contributed by atoms with Gasteiger partial charge in [0.15, 0.2) is 5.78 Å². The molecule has 30 heavy (non-hydrogen) atoms. The molecule has 0 radical (unpaired) electrons. The zero-order valence-corrected chi connectivity index (χ0v) is 16.8. The summed E-state index contributed by atoms with van der Waals surface area (Å²) in [6.45, 7) is 0. The average molecular weight is 438 g/mol. The van der Waals surface area contributed by atoms with Crippen molar-refractivity contribution >= 4 is 40.9 Å². The van der Waals surface area contributed by atoms with E-state index in [4.69, 9.17) is 27.6 Å². The van der Waals surface area contributed by atoms with Crippen LogP contribution in [-0.4, -0.2) is 21.9 Å². The number of hydrogen-bond donors (Lipinski definition) is 1. The first-order chi connectivity index (χ1) is 14.5. The van der Waals surface area contributed by atoms with Crippen LogP contribution >= 0.6 is 23.2 Å². The maximum atomic E-state index is 12.5. The highest BCUT2D eigenvalue weighted by atomic mass is 35.5. The van der Waals surface area contributed by atoms with Crippen LogP contribution in [0.1, 0.15) is 26.3 Å². The van der Waals surface area contributed by atoms with Crippen LogP contribution in [0.4, 0.5) is 6.01 Å². The van der Waals surface area contributed by atoms with Crippen molar-refractivity contribution in [2.45, 2.75) is 0 Å². The van der Waals surface area contributed by atoms with E-state index in [1.165, 1.54) is 0 Å². The topological polar surface area (TPSA) is 85.1 Å². The van der Waals surface area contributed by atoms with E-state index < -0.39 is 5.91 Å². The second kappa shape index (κ2) is 8.49. The van der Waals surface area contributed by atoms with Crippen molar-refractivity contribution in [3.8, 4) is 11.5 Å². The lowest BCUT2D eigenvalue weighted by molar-refractivity contribution is 0.101. The van der Waals surface area contributed by atoms with Crippen LogP contribution in [0.2, 0.25) is 10.0 Å². The number of halogens is 2. The predicted molar refractivity (Wildman–Crippen MR) is 114 cm³/mol. The van der Waals surface area contributed by atoms with E-state index in [-0.39, 0.29) is 17.7 Å². The van der Waals surface area contributed by atoms with E-state index in [0.717, 1.165) is 0 Å². The highest BCUT2D eigenvalue weighted by Gasteiger charge is 2.15. The van der Waals surface area contributed by atoms with Gasteiger partial charge in [-0.15, -0.1) is 5.10 Å². The smallest absolute Gasteiger partial charge is 0.322 e. The van der Waals surface area contributed by atoms with Gasteiger partial charge < -0.3 is 4.42 Å². The number of rotatable bonds is 5. The van der Waals surface area contributed by atoms with Crippen molar-refractivity contribution in [2.24, 2.45) is 0 Å². The molecule has 6 nitrogen and oxygen atoms in total. The van der Waals surface area contributed by atoms with Crippen molar-refractivity contribution in [3.63, 3.8) is 0 Å². The molecule has 0 fully saturated rings. The molecule has 0 unspecified atom stereocenters. The quantitative estimate of drug-likeness (QED) is 0.415. The third-order valence-corrected chi connectivity index (χ3v) is 4.64. The molecule has 1 N–H and O–H groups in total. The molecule has 1 aromatic heterocycles. The molecule has 0 aliphatic heterocycles. The summed E-state index contributed by atoms with van der Waals surface area (Å²) in [6.07, 6.45) is 0. The summed E-state index contributed by atoms with van der Waals surface area (Å²) in [5.74, 6) is -0.407. The van der Waals surface area contributed by atoms with Crippen molar-refractivity contribution < 1.29 is 14.0 Å². The molecule has 0 spiro atoms. The minimum atomic E-state index is -0.451. The summed E-state index contributed by atoms with van der Waals surface area (Å²) in [6, 6.07) is 20.0. The third kappa shape index (κ3) is 4.40. The lowest BCUT2D eigenvalue weighted by Gasteiger charge is -2.04. The second-order valence-corrected chi connectivity index (χ2v) is 7.17. The zero-order valence-electron chi connectivity index (χ0n) is 15.3. The van der Waals surface area contributed by atoms with E-state index in [2.05, 4.69) is 15.5 Å². The van der Waals surface area contributed by atoms with E-state index >= 15 is 0 Å². The number of carbonyl (C=O) groups is 2. The van der Waals surface area contributed by atoms with Gasteiger partial charge in [-0.1, -0.05) is 70.8 Å². The molecule has 0 bridgehead atoms. The fraction of sp³-hybridized carbons (Fsp3) is 0. The van der Waals surface area contributed by atoms with Crippen LogP contribution in [0.25, 0.3) is 11.5 Å².